The van der Waals surface area contributed by atoms with Gasteiger partial charge in [-0.1, -0.05) is 0 Å². The van der Waals surface area contributed by atoms with Crippen LogP contribution in [-0.2, 0) is 4.74 Å². The van der Waals surface area contributed by atoms with Crippen LogP contribution in [0.1, 0.15) is 25.3 Å². The number of ether oxygens (including phenoxy) is 1. The van der Waals surface area contributed by atoms with Crippen LogP contribution in [0.4, 0.5) is 10.6 Å². The van der Waals surface area contributed by atoms with E-state index in [0.29, 0.717) is 12.6 Å². The van der Waals surface area contributed by atoms with E-state index in [1.54, 1.807) is 11.5 Å². The van der Waals surface area contributed by atoms with Crippen LogP contribution in [0.3, 0.4) is 0 Å². The minimum atomic E-state index is -0.170. The molecule has 2 aromatic heterocycles. The summed E-state index contributed by atoms with van der Waals surface area (Å²) in [5, 5.41) is 0. The fourth-order valence-electron chi connectivity index (χ4n) is 4.30. The summed E-state index contributed by atoms with van der Waals surface area (Å²) in [4.78, 5) is 24.7. The number of nitrogens with zero attached hydrogens (tertiary/aromatic N) is 5. The summed E-state index contributed by atoms with van der Waals surface area (Å²) in [6.45, 7) is 9.99. The predicted molar refractivity (Wildman–Crippen MR) is 115 cm³/mol. The number of pyridine rings is 1. The van der Waals surface area contributed by atoms with Crippen molar-refractivity contribution in [2.75, 3.05) is 50.8 Å². The molecule has 156 valence electrons. The Labute approximate surface area is 176 Å². The quantitative estimate of drug-likeness (QED) is 0.764. The van der Waals surface area contributed by atoms with E-state index in [0.717, 1.165) is 57.9 Å². The average Bonchev–Trinajstić information content (AvgIpc) is 3.20. The first-order valence-corrected chi connectivity index (χ1v) is 11.2. The number of piperazine rings is 1. The fraction of sp³-hybridized carbons (Fsp3) is 0.571. The largest absolute Gasteiger partial charge is 0.450 e. The third-order valence-electron chi connectivity index (χ3n) is 5.90. The number of aromatic nitrogens is 2. The van der Waals surface area contributed by atoms with E-state index in [9.17, 15) is 4.79 Å². The molecular weight excluding hydrogens is 386 g/mol. The Bertz CT molecular complexity index is 826. The highest BCUT2D eigenvalue weighted by Crippen LogP contribution is 2.34. The molecule has 4 heterocycles. The summed E-state index contributed by atoms with van der Waals surface area (Å²) < 4.78 is 9.47. The number of carbonyl (C=O) groups excluding carboxylic acids is 1. The molecule has 0 radical (unpaired) electrons. The third kappa shape index (κ3) is 4.38. The van der Waals surface area contributed by atoms with Crippen molar-refractivity contribution in [3.8, 4) is 10.4 Å². The molecule has 7 nitrogen and oxygen atoms in total. The van der Waals surface area contributed by atoms with Crippen molar-refractivity contribution < 1.29 is 9.53 Å². The predicted octanol–water partition coefficient (Wildman–Crippen LogP) is 3.26. The molecule has 4 rings (SSSR count). The Morgan fingerprint density at radius 1 is 1.21 bits per heavy atom. The number of likely N-dealkylation sites (tertiary alicyclic amines) is 1. The van der Waals surface area contributed by atoms with Crippen LogP contribution in [0.15, 0.2) is 24.5 Å². The molecule has 2 fully saturated rings. The average molecular weight is 416 g/mol. The second-order valence-corrected chi connectivity index (χ2v) is 8.45. The molecule has 2 aliphatic heterocycles. The number of aryl methyl sites for hydroxylation is 1. The van der Waals surface area contributed by atoms with Gasteiger partial charge in [-0.25, -0.2) is 14.2 Å². The summed E-state index contributed by atoms with van der Waals surface area (Å²) in [5.74, 6) is 1.07. The number of piperidine rings is 1. The van der Waals surface area contributed by atoms with Gasteiger partial charge in [-0.05, 0) is 55.9 Å². The molecule has 0 aliphatic carbocycles. The summed E-state index contributed by atoms with van der Waals surface area (Å²) >= 11 is 1.54. The molecule has 1 amide bonds. The van der Waals surface area contributed by atoms with Crippen molar-refractivity contribution in [2.24, 2.45) is 0 Å². The Kier molecular flexibility index (Phi) is 6.30. The zero-order valence-electron chi connectivity index (χ0n) is 17.2. The molecule has 2 aliphatic rings. The molecular formula is C21H29N5O2S. The van der Waals surface area contributed by atoms with Crippen molar-refractivity contribution >= 4 is 23.4 Å². The third-order valence-corrected chi connectivity index (χ3v) is 6.84. The summed E-state index contributed by atoms with van der Waals surface area (Å²) in [6.07, 6.45) is 5.68. The Morgan fingerprint density at radius 2 is 1.97 bits per heavy atom. The number of rotatable bonds is 4. The van der Waals surface area contributed by atoms with Gasteiger partial charge in [-0.2, -0.15) is 0 Å². The van der Waals surface area contributed by atoms with Crippen LogP contribution in [0, 0.1) is 6.92 Å². The second kappa shape index (κ2) is 9.09. The van der Waals surface area contributed by atoms with Crippen LogP contribution in [0.25, 0.3) is 10.4 Å². The zero-order chi connectivity index (χ0) is 20.2. The van der Waals surface area contributed by atoms with Gasteiger partial charge in [0.05, 0.1) is 11.5 Å². The monoisotopic (exact) mass is 415 g/mol. The first-order valence-electron chi connectivity index (χ1n) is 10.4. The second-order valence-electron chi connectivity index (χ2n) is 7.65. The van der Waals surface area contributed by atoms with Gasteiger partial charge in [0, 0.05) is 63.3 Å². The number of hydrogen-bond donors (Lipinski definition) is 0. The summed E-state index contributed by atoms with van der Waals surface area (Å²) in [7, 11) is 0. The van der Waals surface area contributed by atoms with Gasteiger partial charge in [0.25, 0.3) is 0 Å². The number of hydrogen-bond acceptors (Lipinski definition) is 7. The van der Waals surface area contributed by atoms with Crippen LogP contribution in [-0.4, -0.2) is 77.2 Å². The first kappa shape index (κ1) is 20.1. The maximum Gasteiger partial charge on any atom is 0.409 e. The lowest BCUT2D eigenvalue weighted by molar-refractivity contribution is 0.0729. The van der Waals surface area contributed by atoms with Gasteiger partial charge < -0.3 is 14.5 Å². The fourth-order valence-corrected chi connectivity index (χ4v) is 5.07. The molecule has 0 N–H and O–H groups in total. The van der Waals surface area contributed by atoms with E-state index < -0.39 is 0 Å². The highest BCUT2D eigenvalue weighted by molar-refractivity contribution is 7.09. The molecule has 2 saturated heterocycles. The summed E-state index contributed by atoms with van der Waals surface area (Å²) in [6, 6.07) is 4.71. The molecule has 0 aromatic carbocycles. The highest BCUT2D eigenvalue weighted by atomic mass is 32.1. The van der Waals surface area contributed by atoms with E-state index in [-0.39, 0.29) is 6.09 Å². The smallest absolute Gasteiger partial charge is 0.409 e. The molecule has 8 heteroatoms. The van der Waals surface area contributed by atoms with E-state index in [4.69, 9.17) is 9.72 Å². The lowest BCUT2D eigenvalue weighted by Gasteiger charge is -2.43. The van der Waals surface area contributed by atoms with Gasteiger partial charge >= 0.3 is 6.09 Å². The minimum Gasteiger partial charge on any atom is -0.450 e. The number of anilines is 1. The zero-order valence-corrected chi connectivity index (χ0v) is 18.0. The number of amides is 1. The van der Waals surface area contributed by atoms with E-state index in [1.807, 2.05) is 30.3 Å². The van der Waals surface area contributed by atoms with Crippen molar-refractivity contribution in [2.45, 2.75) is 32.7 Å². The Hall–Kier alpha value is -2.19. The minimum absolute atomic E-state index is 0.170. The van der Waals surface area contributed by atoms with Gasteiger partial charge in [-0.15, -0.1) is 0 Å². The van der Waals surface area contributed by atoms with Crippen molar-refractivity contribution in [1.29, 1.82) is 0 Å². The normalized spacial score (nSPS) is 18.8. The van der Waals surface area contributed by atoms with Crippen molar-refractivity contribution in [3.05, 3.63) is 30.1 Å². The van der Waals surface area contributed by atoms with Crippen LogP contribution in [0.2, 0.25) is 0 Å². The maximum atomic E-state index is 11.9. The topological polar surface area (TPSA) is 61.8 Å². The molecule has 0 saturated carbocycles. The van der Waals surface area contributed by atoms with Crippen molar-refractivity contribution in [1.82, 2.24) is 19.2 Å². The first-order chi connectivity index (χ1) is 14.2. The highest BCUT2D eigenvalue weighted by Gasteiger charge is 2.30. The molecule has 0 unspecified atom stereocenters. The van der Waals surface area contributed by atoms with Crippen LogP contribution >= 0.6 is 11.5 Å². The maximum absolute atomic E-state index is 11.9. The molecule has 29 heavy (non-hydrogen) atoms. The van der Waals surface area contributed by atoms with Gasteiger partial charge in [0.1, 0.15) is 5.82 Å². The van der Waals surface area contributed by atoms with Crippen LogP contribution in [0.5, 0.6) is 0 Å². The summed E-state index contributed by atoms with van der Waals surface area (Å²) in [5.41, 5.74) is 2.39. The van der Waals surface area contributed by atoms with Gasteiger partial charge in [-0.3, -0.25) is 4.90 Å². The SMILES string of the molecule is CCOC(=O)N1CCC(N2CCN(c3ncccc3-c3sncc3C)CC2)CC1. The lowest BCUT2D eigenvalue weighted by Crippen LogP contribution is -2.54. The van der Waals surface area contributed by atoms with E-state index in [1.165, 1.54) is 16.0 Å². The molecule has 0 bridgehead atoms. The van der Waals surface area contributed by atoms with Gasteiger partial charge in [0.15, 0.2) is 0 Å². The standard InChI is InChI=1S/C21H29N5O2S/c1-3-28-21(27)26-9-6-17(7-10-26)24-11-13-25(14-12-24)20-18(5-4-8-22-20)19-16(2)15-23-29-19/h4-5,8,15,17H,3,6-7,9-14H2,1-2H3. The van der Waals surface area contributed by atoms with Gasteiger partial charge in [0.2, 0.25) is 0 Å². The molecule has 0 atom stereocenters. The molecule has 0 spiro atoms. The molecule has 2 aromatic rings. The number of carbonyl (C=O) groups is 1. The van der Waals surface area contributed by atoms with Crippen molar-refractivity contribution in [3.63, 3.8) is 0 Å². The Morgan fingerprint density at radius 3 is 2.62 bits per heavy atom. The Balaban J connectivity index is 1.35. The van der Waals surface area contributed by atoms with E-state index in [2.05, 4.69) is 27.2 Å². The van der Waals surface area contributed by atoms with E-state index >= 15 is 0 Å². The van der Waals surface area contributed by atoms with Crippen LogP contribution < -0.4 is 4.90 Å². The lowest BCUT2D eigenvalue weighted by atomic mass is 10.0.